The van der Waals surface area contributed by atoms with Gasteiger partial charge in [-0.05, 0) is 86.0 Å². The molecule has 0 radical (unpaired) electrons. The van der Waals surface area contributed by atoms with Gasteiger partial charge in [-0.2, -0.15) is 0 Å². The van der Waals surface area contributed by atoms with Crippen LogP contribution in [-0.4, -0.2) is 58.6 Å². The highest BCUT2D eigenvalue weighted by Gasteiger charge is 2.30. The number of rotatable bonds is 12. The molecule has 8 heteroatoms. The number of carboxylic acid groups (broad SMARTS) is 1. The zero-order valence-electron chi connectivity index (χ0n) is 21.2. The van der Waals surface area contributed by atoms with Crippen molar-refractivity contribution in [1.82, 2.24) is 9.88 Å². The maximum atomic E-state index is 13.9. The Morgan fingerprint density at radius 2 is 2.05 bits per heavy atom. The molecule has 2 aromatic carbocycles. The summed E-state index contributed by atoms with van der Waals surface area (Å²) >= 11 is 1.52. The van der Waals surface area contributed by atoms with E-state index in [1.807, 2.05) is 30.3 Å². The fourth-order valence-corrected chi connectivity index (χ4v) is 6.26. The number of ether oxygens (including phenoxy) is 1. The minimum Gasteiger partial charge on any atom is -0.497 e. The van der Waals surface area contributed by atoms with Crippen molar-refractivity contribution < 1.29 is 24.1 Å². The monoisotopic (exact) mass is 526 g/mol. The van der Waals surface area contributed by atoms with Crippen molar-refractivity contribution >= 4 is 28.6 Å². The Labute approximate surface area is 221 Å². The Balaban J connectivity index is 1.35. The third kappa shape index (κ3) is 7.43. The second-order valence-corrected chi connectivity index (χ2v) is 10.8. The van der Waals surface area contributed by atoms with Gasteiger partial charge in [0.15, 0.2) is 0 Å². The molecule has 37 heavy (non-hydrogen) atoms. The van der Waals surface area contributed by atoms with E-state index in [2.05, 4.69) is 9.88 Å². The van der Waals surface area contributed by atoms with E-state index in [1.54, 1.807) is 25.4 Å². The summed E-state index contributed by atoms with van der Waals surface area (Å²) in [6, 6.07) is 14.4. The lowest BCUT2D eigenvalue weighted by atomic mass is 9.79. The summed E-state index contributed by atoms with van der Waals surface area (Å²) in [5, 5.41) is 21.3. The van der Waals surface area contributed by atoms with Crippen LogP contribution in [0.5, 0.6) is 5.75 Å². The number of aromatic nitrogens is 1. The molecule has 4 rings (SSSR count). The number of fused-ring (bicyclic) bond motifs is 1. The molecule has 2 heterocycles. The smallest absolute Gasteiger partial charge is 0.303 e. The van der Waals surface area contributed by atoms with Crippen LogP contribution < -0.4 is 4.74 Å². The van der Waals surface area contributed by atoms with Gasteiger partial charge in [-0.25, -0.2) is 4.39 Å². The Hall–Kier alpha value is -2.68. The molecule has 2 N–H and O–H groups in total. The first-order chi connectivity index (χ1) is 17.9. The van der Waals surface area contributed by atoms with Crippen LogP contribution in [0.4, 0.5) is 4.39 Å². The Morgan fingerprint density at radius 1 is 1.22 bits per heavy atom. The predicted molar refractivity (Wildman–Crippen MR) is 145 cm³/mol. The van der Waals surface area contributed by atoms with Crippen molar-refractivity contribution in [2.45, 2.75) is 43.1 Å². The molecule has 3 aromatic rings. The number of likely N-dealkylation sites (tertiary alicyclic amines) is 1. The van der Waals surface area contributed by atoms with Gasteiger partial charge >= 0.3 is 5.97 Å². The summed E-state index contributed by atoms with van der Waals surface area (Å²) in [5.74, 6) is 1.15. The molecule has 0 amide bonds. The number of hydrogen-bond donors (Lipinski definition) is 2. The molecule has 2 unspecified atom stereocenters. The van der Waals surface area contributed by atoms with Crippen LogP contribution >= 0.6 is 11.8 Å². The molecule has 0 saturated carbocycles. The highest BCUT2D eigenvalue weighted by atomic mass is 32.2. The zero-order valence-corrected chi connectivity index (χ0v) is 22.0. The molecule has 0 bridgehead atoms. The van der Waals surface area contributed by atoms with Crippen LogP contribution in [0.15, 0.2) is 59.6 Å². The molecule has 0 spiro atoms. The number of carboxylic acids is 1. The van der Waals surface area contributed by atoms with Crippen LogP contribution in [0.2, 0.25) is 0 Å². The number of pyridine rings is 1. The predicted octanol–water partition coefficient (Wildman–Crippen LogP) is 5.79. The van der Waals surface area contributed by atoms with Gasteiger partial charge in [0.25, 0.3) is 0 Å². The molecule has 1 aliphatic heterocycles. The lowest BCUT2D eigenvalue weighted by Gasteiger charge is -2.39. The van der Waals surface area contributed by atoms with Crippen molar-refractivity contribution in [3.8, 4) is 5.75 Å². The number of methoxy groups -OCH3 is 1. The number of piperidine rings is 1. The molecular formula is C29H35FN2O4S. The van der Waals surface area contributed by atoms with Gasteiger partial charge in [-0.3, -0.25) is 9.78 Å². The van der Waals surface area contributed by atoms with Gasteiger partial charge < -0.3 is 19.8 Å². The highest BCUT2D eigenvalue weighted by molar-refractivity contribution is 7.99. The quantitative estimate of drug-likeness (QED) is 0.289. The first kappa shape index (κ1) is 27.4. The number of aliphatic hydroxyl groups excluding tert-OH is 1. The first-order valence-corrected chi connectivity index (χ1v) is 13.9. The fourth-order valence-electron chi connectivity index (χ4n) is 5.31. The zero-order chi connectivity index (χ0) is 26.2. The molecule has 6 nitrogen and oxygen atoms in total. The minimum absolute atomic E-state index is 0.149. The summed E-state index contributed by atoms with van der Waals surface area (Å²) < 4.78 is 19.3. The van der Waals surface area contributed by atoms with Crippen LogP contribution in [0, 0.1) is 17.7 Å². The largest absolute Gasteiger partial charge is 0.497 e. The first-order valence-electron chi connectivity index (χ1n) is 12.9. The standard InChI is InChI=1S/C29H35FN2O4S/c1-36-22-8-9-26-24(18-22)23(12-14-31-26)27(33)10-6-20-13-15-32(19-21(20)7-11-29(34)35)16-17-37-28-5-3-2-4-25(28)30/h2-5,8-9,12,14,18,20-21,27,33H,6-7,10-11,13,15-17,19H2,1H3,(H,34,35)/t20?,21?,27-/m0/s1. The maximum absolute atomic E-state index is 13.9. The van der Waals surface area contributed by atoms with E-state index in [0.717, 1.165) is 60.4 Å². The second-order valence-electron chi connectivity index (χ2n) is 9.70. The number of aliphatic carboxylic acids is 1. The van der Waals surface area contributed by atoms with Crippen LogP contribution in [0.25, 0.3) is 10.9 Å². The molecular weight excluding hydrogens is 491 g/mol. The molecule has 1 aliphatic rings. The molecule has 0 aliphatic carbocycles. The van der Waals surface area contributed by atoms with Crippen molar-refractivity contribution in [1.29, 1.82) is 0 Å². The van der Waals surface area contributed by atoms with Crippen LogP contribution in [0.1, 0.15) is 43.8 Å². The van der Waals surface area contributed by atoms with Crippen molar-refractivity contribution in [2.75, 3.05) is 32.5 Å². The lowest BCUT2D eigenvalue weighted by Crippen LogP contribution is -2.41. The van der Waals surface area contributed by atoms with Crippen LogP contribution in [0.3, 0.4) is 0 Å². The average Bonchev–Trinajstić information content (AvgIpc) is 2.91. The van der Waals surface area contributed by atoms with E-state index in [4.69, 9.17) is 4.74 Å². The fraction of sp³-hybridized carbons (Fsp3) is 0.448. The van der Waals surface area contributed by atoms with E-state index >= 15 is 0 Å². The number of hydrogen-bond acceptors (Lipinski definition) is 6. The van der Waals surface area contributed by atoms with Gasteiger partial charge in [0, 0.05) is 41.7 Å². The van der Waals surface area contributed by atoms with E-state index in [9.17, 15) is 19.4 Å². The van der Waals surface area contributed by atoms with Gasteiger partial charge in [-0.15, -0.1) is 11.8 Å². The van der Waals surface area contributed by atoms with E-state index in [1.165, 1.54) is 17.8 Å². The summed E-state index contributed by atoms with van der Waals surface area (Å²) in [6.45, 7) is 2.60. The number of carbonyl (C=O) groups is 1. The van der Waals surface area contributed by atoms with E-state index < -0.39 is 12.1 Å². The third-order valence-electron chi connectivity index (χ3n) is 7.36. The summed E-state index contributed by atoms with van der Waals surface area (Å²) in [6.07, 6.45) is 4.27. The van der Waals surface area contributed by atoms with Crippen molar-refractivity contribution in [2.24, 2.45) is 11.8 Å². The van der Waals surface area contributed by atoms with Gasteiger partial charge in [0.2, 0.25) is 0 Å². The van der Waals surface area contributed by atoms with Gasteiger partial charge in [-0.1, -0.05) is 12.1 Å². The Kier molecular flexibility index (Phi) is 9.77. The molecule has 3 atom stereocenters. The highest BCUT2D eigenvalue weighted by Crippen LogP contribution is 2.35. The number of nitrogens with zero attached hydrogens (tertiary/aromatic N) is 2. The summed E-state index contributed by atoms with van der Waals surface area (Å²) in [7, 11) is 1.62. The van der Waals surface area contributed by atoms with E-state index in [0.29, 0.717) is 23.7 Å². The molecule has 1 aromatic heterocycles. The molecule has 1 saturated heterocycles. The van der Waals surface area contributed by atoms with Crippen LogP contribution in [-0.2, 0) is 4.79 Å². The minimum atomic E-state index is -0.775. The number of halogens is 1. The molecule has 1 fully saturated rings. The number of aliphatic hydroxyl groups is 1. The second kappa shape index (κ2) is 13.2. The summed E-state index contributed by atoms with van der Waals surface area (Å²) in [4.78, 5) is 18.8. The van der Waals surface area contributed by atoms with Gasteiger partial charge in [0.05, 0.1) is 18.7 Å². The van der Waals surface area contributed by atoms with E-state index in [-0.39, 0.29) is 18.2 Å². The van der Waals surface area contributed by atoms with Gasteiger partial charge in [0.1, 0.15) is 11.6 Å². The number of thioether (sulfide) groups is 1. The van der Waals surface area contributed by atoms with Crippen molar-refractivity contribution in [3.63, 3.8) is 0 Å². The van der Waals surface area contributed by atoms with Crippen molar-refractivity contribution in [3.05, 3.63) is 66.1 Å². The Morgan fingerprint density at radius 3 is 2.84 bits per heavy atom. The Bertz CT molecular complexity index is 1190. The third-order valence-corrected chi connectivity index (χ3v) is 8.39. The topological polar surface area (TPSA) is 82.9 Å². The summed E-state index contributed by atoms with van der Waals surface area (Å²) in [5.41, 5.74) is 1.66. The molecule has 198 valence electrons. The normalized spacial score (nSPS) is 19.1. The SMILES string of the molecule is COc1ccc2nccc([C@@H](O)CCC3CCN(CCSc4ccccc4F)CC3CCC(=O)O)c2c1. The maximum Gasteiger partial charge on any atom is 0.303 e. The lowest BCUT2D eigenvalue weighted by molar-refractivity contribution is -0.137. The number of benzene rings is 2. The average molecular weight is 527 g/mol.